The largest absolute Gasteiger partial charge is 0.495 e. The highest BCUT2D eigenvalue weighted by Gasteiger charge is 1.87. The van der Waals surface area contributed by atoms with Gasteiger partial charge in [0.25, 0.3) is 0 Å². The van der Waals surface area contributed by atoms with E-state index >= 15 is 0 Å². The molecule has 0 saturated carbocycles. The minimum absolute atomic E-state index is 0. The SMILES string of the molecule is C.COc1ccc(N)nc1.Nc1ccc(Br)cn1.PPP(P)P. The van der Waals surface area contributed by atoms with Gasteiger partial charge in [0, 0.05) is 10.7 Å². The Morgan fingerprint density at radius 1 is 1.09 bits per heavy atom. The van der Waals surface area contributed by atoms with Crippen LogP contribution in [0, 0.1) is 0 Å². The van der Waals surface area contributed by atoms with Crippen molar-refractivity contribution in [2.75, 3.05) is 18.6 Å². The Bertz CT molecular complexity index is 495. The molecule has 2 heterocycles. The lowest BCUT2D eigenvalue weighted by atomic mass is 10.4. The molecule has 0 bridgehead atoms. The molecule has 0 aliphatic carbocycles. The summed E-state index contributed by atoms with van der Waals surface area (Å²) in [5.74, 6) is 1.79. The molecular formula is C12H24BrN4OP5. The van der Waals surface area contributed by atoms with Gasteiger partial charge in [-0.1, -0.05) is 15.4 Å². The van der Waals surface area contributed by atoms with Crippen molar-refractivity contribution < 1.29 is 4.74 Å². The van der Waals surface area contributed by atoms with Gasteiger partial charge < -0.3 is 16.2 Å². The number of methoxy groups -OCH3 is 1. The van der Waals surface area contributed by atoms with Gasteiger partial charge in [0.2, 0.25) is 0 Å². The molecule has 0 fully saturated rings. The lowest BCUT2D eigenvalue weighted by molar-refractivity contribution is 0.413. The number of anilines is 2. The zero-order chi connectivity index (χ0) is 17.0. The number of ether oxygens (including phenoxy) is 1. The lowest BCUT2D eigenvalue weighted by Gasteiger charge is -1.96. The molecular weight excluding hydrogens is 451 g/mol. The maximum atomic E-state index is 5.31. The summed E-state index contributed by atoms with van der Waals surface area (Å²) in [5, 5.41) is 0. The third kappa shape index (κ3) is 15.6. The first-order valence-electron chi connectivity index (χ1n) is 5.77. The van der Waals surface area contributed by atoms with E-state index in [0.717, 1.165) is 18.2 Å². The van der Waals surface area contributed by atoms with Gasteiger partial charge in [-0.25, -0.2) is 9.97 Å². The first-order chi connectivity index (χ1) is 10.4. The van der Waals surface area contributed by atoms with Gasteiger partial charge >= 0.3 is 0 Å². The molecule has 23 heavy (non-hydrogen) atoms. The predicted molar refractivity (Wildman–Crippen MR) is 123 cm³/mol. The van der Waals surface area contributed by atoms with Crippen molar-refractivity contribution in [2.24, 2.45) is 0 Å². The molecule has 4 N–H and O–H groups in total. The van der Waals surface area contributed by atoms with Crippen LogP contribution in [0.5, 0.6) is 5.75 Å². The molecule has 4 unspecified atom stereocenters. The highest BCUT2D eigenvalue weighted by Crippen LogP contribution is 2.71. The highest BCUT2D eigenvalue weighted by atomic mass is 79.9. The first kappa shape index (κ1) is 25.6. The topological polar surface area (TPSA) is 87.0 Å². The van der Waals surface area contributed by atoms with Gasteiger partial charge in [-0.05, 0) is 47.2 Å². The zero-order valence-corrected chi connectivity index (χ0v) is 18.9. The van der Waals surface area contributed by atoms with Crippen LogP contribution in [-0.2, 0) is 0 Å². The van der Waals surface area contributed by atoms with Gasteiger partial charge in [0.1, 0.15) is 17.4 Å². The molecule has 2 rings (SSSR count). The Morgan fingerprint density at radius 3 is 1.83 bits per heavy atom. The van der Waals surface area contributed by atoms with E-state index in [1.54, 1.807) is 37.7 Å². The van der Waals surface area contributed by atoms with E-state index in [1.165, 1.54) is 0 Å². The van der Waals surface area contributed by atoms with E-state index < -0.39 is 0 Å². The maximum Gasteiger partial charge on any atom is 0.137 e. The fourth-order valence-electron chi connectivity index (χ4n) is 0.900. The molecule has 0 aliphatic rings. The zero-order valence-electron chi connectivity index (χ0n) is 12.0. The van der Waals surface area contributed by atoms with Crippen LogP contribution in [0.3, 0.4) is 0 Å². The Balaban J connectivity index is 0. The summed E-state index contributed by atoms with van der Waals surface area (Å²) in [6.45, 7) is 0.226. The number of nitrogens with zero attached hydrogens (tertiary/aromatic N) is 2. The van der Waals surface area contributed by atoms with Crippen LogP contribution < -0.4 is 16.2 Å². The van der Waals surface area contributed by atoms with Crippen LogP contribution in [-0.4, -0.2) is 17.1 Å². The van der Waals surface area contributed by atoms with Crippen molar-refractivity contribution in [2.45, 2.75) is 7.43 Å². The van der Waals surface area contributed by atoms with E-state index in [9.17, 15) is 0 Å². The summed E-state index contributed by atoms with van der Waals surface area (Å²) < 4.78 is 5.80. The number of aromatic nitrogens is 2. The van der Waals surface area contributed by atoms with E-state index in [0.29, 0.717) is 11.6 Å². The minimum Gasteiger partial charge on any atom is -0.495 e. The number of nitrogens with two attached hydrogens (primary N) is 2. The fraction of sp³-hybridized carbons (Fsp3) is 0.167. The van der Waals surface area contributed by atoms with Gasteiger partial charge in [-0.2, -0.15) is 0 Å². The number of hydrogen-bond acceptors (Lipinski definition) is 5. The van der Waals surface area contributed by atoms with Crippen molar-refractivity contribution in [3.63, 3.8) is 0 Å². The summed E-state index contributed by atoms with van der Waals surface area (Å²) in [6.07, 6.45) is 3.24. The summed E-state index contributed by atoms with van der Waals surface area (Å²) in [7, 11) is 10.8. The molecule has 0 aliphatic heterocycles. The number of nitrogen functional groups attached to an aromatic ring is 2. The summed E-state index contributed by atoms with van der Waals surface area (Å²) in [5.41, 5.74) is 10.6. The second-order valence-corrected chi connectivity index (χ2v) is 18.4. The van der Waals surface area contributed by atoms with E-state index in [1.807, 2.05) is 6.07 Å². The summed E-state index contributed by atoms with van der Waals surface area (Å²) in [4.78, 5) is 7.61. The Morgan fingerprint density at radius 2 is 1.57 bits per heavy atom. The smallest absolute Gasteiger partial charge is 0.137 e. The Hall–Kier alpha value is 0.330. The van der Waals surface area contributed by atoms with E-state index in [-0.39, 0.29) is 14.4 Å². The quantitative estimate of drug-likeness (QED) is 0.586. The van der Waals surface area contributed by atoms with Crippen molar-refractivity contribution in [3.05, 3.63) is 41.1 Å². The molecule has 130 valence electrons. The Labute approximate surface area is 156 Å². The van der Waals surface area contributed by atoms with Crippen LogP contribution in [0.1, 0.15) is 7.43 Å². The lowest BCUT2D eigenvalue weighted by Crippen LogP contribution is -1.89. The average molecular weight is 475 g/mol. The van der Waals surface area contributed by atoms with Crippen LogP contribution in [0.2, 0.25) is 0 Å². The molecule has 0 aromatic carbocycles. The predicted octanol–water partition coefficient (Wildman–Crippen LogP) is 5.17. The molecule has 0 amide bonds. The van der Waals surface area contributed by atoms with Crippen molar-refractivity contribution in [1.82, 2.24) is 9.97 Å². The highest BCUT2D eigenvalue weighted by molar-refractivity contribution is 9.10. The third-order valence-electron chi connectivity index (χ3n) is 1.89. The fourth-order valence-corrected chi connectivity index (χ4v) is 1.13. The van der Waals surface area contributed by atoms with Gasteiger partial charge in [-0.15, -0.1) is 26.8 Å². The average Bonchev–Trinajstić information content (AvgIpc) is 2.52. The molecule has 4 atom stereocenters. The number of pyridine rings is 2. The second-order valence-electron chi connectivity index (χ2n) is 3.56. The van der Waals surface area contributed by atoms with Crippen LogP contribution in [0.25, 0.3) is 0 Å². The van der Waals surface area contributed by atoms with Crippen LogP contribution in [0.4, 0.5) is 11.6 Å². The summed E-state index contributed by atoms with van der Waals surface area (Å²) in [6, 6.07) is 7.05. The normalized spacial score (nSPS) is 9.30. The Kier molecular flexibility index (Phi) is 17.6. The molecule has 5 nitrogen and oxygen atoms in total. The van der Waals surface area contributed by atoms with Crippen molar-refractivity contribution in [1.29, 1.82) is 0 Å². The molecule has 0 spiro atoms. The first-order valence-corrected chi connectivity index (χ1v) is 14.8. The molecule has 2 aromatic rings. The number of hydrogen-bond donors (Lipinski definition) is 2. The van der Waals surface area contributed by atoms with Crippen molar-refractivity contribution in [3.8, 4) is 5.75 Å². The van der Waals surface area contributed by atoms with E-state index in [4.69, 9.17) is 16.2 Å². The van der Waals surface area contributed by atoms with Gasteiger partial charge in [0.15, 0.2) is 0 Å². The maximum absolute atomic E-state index is 5.31. The van der Waals surface area contributed by atoms with E-state index in [2.05, 4.69) is 52.7 Å². The molecule has 0 saturated heterocycles. The molecule has 2 aromatic heterocycles. The van der Waals surface area contributed by atoms with Crippen LogP contribution in [0.15, 0.2) is 41.1 Å². The van der Waals surface area contributed by atoms with Crippen LogP contribution >= 0.6 is 57.7 Å². The number of halogens is 1. The molecule has 0 radical (unpaired) electrons. The molecule has 11 heteroatoms. The third-order valence-corrected chi connectivity index (χ3v) is 14.3. The van der Waals surface area contributed by atoms with Crippen molar-refractivity contribution >= 4 is 69.3 Å². The number of rotatable bonds is 2. The second kappa shape index (κ2) is 15.8. The van der Waals surface area contributed by atoms with Gasteiger partial charge in [-0.3, -0.25) is 0 Å². The van der Waals surface area contributed by atoms with Gasteiger partial charge in [0.05, 0.1) is 13.3 Å². The standard InChI is InChI=1S/C6H8N2O.C5H5BrN2.CH4.H7P5/c1-9-5-2-3-6(7)8-4-5;6-4-1-2-5(7)8-3-4;;1-4-5(2)3/h2-4H,1H3,(H2,7,8);1-3H,(H2,7,8);1H4;4H,1-3H2. The summed E-state index contributed by atoms with van der Waals surface area (Å²) >= 11 is 3.23. The monoisotopic (exact) mass is 474 g/mol. The minimum atomic E-state index is 0.